The van der Waals surface area contributed by atoms with Gasteiger partial charge in [0.25, 0.3) is 10.0 Å². The van der Waals surface area contributed by atoms with Crippen LogP contribution in [0.25, 0.3) is 10.2 Å². The van der Waals surface area contributed by atoms with Crippen molar-refractivity contribution in [2.75, 3.05) is 19.7 Å². The Balaban J connectivity index is 1.88. The molecule has 126 valence electrons. The van der Waals surface area contributed by atoms with Crippen molar-refractivity contribution in [1.29, 1.82) is 0 Å². The molecule has 0 amide bonds. The Bertz CT molecular complexity index is 740. The fourth-order valence-corrected chi connectivity index (χ4v) is 4.15. The molecule has 7 nitrogen and oxygen atoms in total. The number of sulfonamides is 1. The van der Waals surface area contributed by atoms with E-state index in [-0.39, 0.29) is 16.9 Å². The van der Waals surface area contributed by atoms with Gasteiger partial charge in [0.05, 0.1) is 16.8 Å². The number of fused-ring (bicyclic) bond motifs is 1. The summed E-state index contributed by atoms with van der Waals surface area (Å²) in [7, 11) is -3.65. The lowest BCUT2D eigenvalue weighted by molar-refractivity contribution is -0.145. The molecule has 0 bridgehead atoms. The summed E-state index contributed by atoms with van der Waals surface area (Å²) in [4.78, 5) is 15.5. The number of nitrogens with one attached hydrogen (secondary N) is 2. The van der Waals surface area contributed by atoms with Gasteiger partial charge in [-0.3, -0.25) is 4.79 Å². The number of nitrogens with zero attached hydrogens (tertiary/aromatic N) is 1. The number of benzene rings is 1. The third-order valence-corrected chi connectivity index (χ3v) is 5.89. The molecule has 2 rings (SSSR count). The minimum absolute atomic E-state index is 0.0390. The molecule has 0 unspecified atom stereocenters. The highest BCUT2D eigenvalue weighted by Gasteiger charge is 2.19. The molecule has 0 spiro atoms. The Hall–Kier alpha value is -1.55. The molecule has 0 aliphatic carbocycles. The van der Waals surface area contributed by atoms with E-state index in [4.69, 9.17) is 4.74 Å². The highest BCUT2D eigenvalue weighted by Crippen LogP contribution is 2.24. The molecule has 1 atom stereocenters. The SMILES string of the molecule is CCOC(=O)[C@H](C)NCCNS(=O)(=O)c1nc2ccccc2s1. The number of thiazole rings is 1. The molecule has 2 aromatic rings. The van der Waals surface area contributed by atoms with E-state index in [9.17, 15) is 13.2 Å². The van der Waals surface area contributed by atoms with Gasteiger partial charge in [0, 0.05) is 13.1 Å². The first-order chi connectivity index (χ1) is 10.9. The first-order valence-electron chi connectivity index (χ1n) is 7.19. The van der Waals surface area contributed by atoms with Gasteiger partial charge in [-0.05, 0) is 26.0 Å². The van der Waals surface area contributed by atoms with Crippen molar-refractivity contribution >= 4 is 37.5 Å². The molecule has 0 aliphatic rings. The van der Waals surface area contributed by atoms with Gasteiger partial charge in [-0.1, -0.05) is 12.1 Å². The van der Waals surface area contributed by atoms with E-state index >= 15 is 0 Å². The maximum Gasteiger partial charge on any atom is 0.322 e. The fraction of sp³-hybridized carbons (Fsp3) is 0.429. The normalized spacial score (nSPS) is 13.1. The summed E-state index contributed by atoms with van der Waals surface area (Å²) < 4.78 is 32.6. The summed E-state index contributed by atoms with van der Waals surface area (Å²) in [6.07, 6.45) is 0. The fourth-order valence-electron chi connectivity index (χ4n) is 1.85. The molecular weight excluding hydrogens is 338 g/mol. The van der Waals surface area contributed by atoms with Gasteiger partial charge in [0.15, 0.2) is 0 Å². The summed E-state index contributed by atoms with van der Waals surface area (Å²) in [6, 6.07) is 6.77. The van der Waals surface area contributed by atoms with E-state index < -0.39 is 16.1 Å². The van der Waals surface area contributed by atoms with Crippen molar-refractivity contribution < 1.29 is 17.9 Å². The number of carbonyl (C=O) groups is 1. The Morgan fingerprint density at radius 2 is 2.09 bits per heavy atom. The van der Waals surface area contributed by atoms with Gasteiger partial charge in [0.2, 0.25) is 4.34 Å². The predicted molar refractivity (Wildman–Crippen MR) is 88.9 cm³/mol. The van der Waals surface area contributed by atoms with Crippen LogP contribution in [-0.2, 0) is 19.6 Å². The molecule has 1 heterocycles. The summed E-state index contributed by atoms with van der Waals surface area (Å²) in [5.41, 5.74) is 0.659. The minimum atomic E-state index is -3.65. The molecule has 23 heavy (non-hydrogen) atoms. The van der Waals surface area contributed by atoms with Crippen LogP contribution in [0.4, 0.5) is 0 Å². The number of rotatable bonds is 8. The lowest BCUT2D eigenvalue weighted by Gasteiger charge is -2.12. The number of esters is 1. The van der Waals surface area contributed by atoms with E-state index in [0.29, 0.717) is 18.7 Å². The predicted octanol–water partition coefficient (Wildman–Crippen LogP) is 1.12. The largest absolute Gasteiger partial charge is 0.465 e. The quantitative estimate of drug-likeness (QED) is 0.543. The molecule has 1 aromatic carbocycles. The summed E-state index contributed by atoms with van der Waals surface area (Å²) in [5, 5.41) is 2.90. The summed E-state index contributed by atoms with van der Waals surface area (Å²) >= 11 is 1.12. The molecule has 9 heteroatoms. The maximum absolute atomic E-state index is 12.2. The maximum atomic E-state index is 12.2. The zero-order chi connectivity index (χ0) is 16.9. The third kappa shape index (κ3) is 4.71. The van der Waals surface area contributed by atoms with E-state index in [1.165, 1.54) is 0 Å². The lowest BCUT2D eigenvalue weighted by atomic mass is 10.3. The standard InChI is InChI=1S/C14H19N3O4S2/c1-3-21-13(18)10(2)15-8-9-16-23(19,20)14-17-11-6-4-5-7-12(11)22-14/h4-7,10,15-16H,3,8-9H2,1-2H3/t10-/m0/s1. The van der Waals surface area contributed by atoms with Crippen LogP contribution >= 0.6 is 11.3 Å². The van der Waals surface area contributed by atoms with E-state index in [1.807, 2.05) is 18.2 Å². The second-order valence-electron chi connectivity index (χ2n) is 4.77. The van der Waals surface area contributed by atoms with Gasteiger partial charge in [-0.25, -0.2) is 18.1 Å². The lowest BCUT2D eigenvalue weighted by Crippen LogP contribution is -2.40. The Morgan fingerprint density at radius 1 is 1.35 bits per heavy atom. The Labute approximate surface area is 139 Å². The monoisotopic (exact) mass is 357 g/mol. The van der Waals surface area contributed by atoms with E-state index in [2.05, 4.69) is 15.0 Å². The smallest absolute Gasteiger partial charge is 0.322 e. The number of ether oxygens (including phenoxy) is 1. The van der Waals surface area contributed by atoms with Crippen molar-refractivity contribution in [3.05, 3.63) is 24.3 Å². The van der Waals surface area contributed by atoms with Crippen molar-refractivity contribution in [2.24, 2.45) is 0 Å². The first-order valence-corrected chi connectivity index (χ1v) is 9.49. The third-order valence-electron chi connectivity index (χ3n) is 3.01. The minimum Gasteiger partial charge on any atom is -0.465 e. The van der Waals surface area contributed by atoms with Crippen LogP contribution in [0.5, 0.6) is 0 Å². The molecule has 0 saturated heterocycles. The second kappa shape index (κ2) is 7.82. The van der Waals surface area contributed by atoms with Gasteiger partial charge < -0.3 is 10.1 Å². The number of aromatic nitrogens is 1. The average molecular weight is 357 g/mol. The summed E-state index contributed by atoms with van der Waals surface area (Å²) in [5.74, 6) is -0.360. The van der Waals surface area contributed by atoms with Crippen LogP contribution in [0.1, 0.15) is 13.8 Å². The zero-order valence-corrected chi connectivity index (χ0v) is 14.5. The van der Waals surface area contributed by atoms with Gasteiger partial charge >= 0.3 is 5.97 Å². The van der Waals surface area contributed by atoms with Crippen LogP contribution in [0.2, 0.25) is 0 Å². The molecule has 1 aromatic heterocycles. The van der Waals surface area contributed by atoms with Crippen molar-refractivity contribution in [2.45, 2.75) is 24.2 Å². The Kier molecular flexibility index (Phi) is 6.05. The van der Waals surface area contributed by atoms with Gasteiger partial charge in [-0.2, -0.15) is 0 Å². The molecular formula is C14H19N3O4S2. The molecule has 0 saturated carbocycles. The molecule has 0 fully saturated rings. The molecule has 0 aliphatic heterocycles. The van der Waals surface area contributed by atoms with Crippen LogP contribution in [0.15, 0.2) is 28.6 Å². The highest BCUT2D eigenvalue weighted by molar-refractivity contribution is 7.91. The zero-order valence-electron chi connectivity index (χ0n) is 12.9. The van der Waals surface area contributed by atoms with Gasteiger partial charge in [0.1, 0.15) is 6.04 Å². The number of para-hydroxylation sites is 1. The molecule has 2 N–H and O–H groups in total. The second-order valence-corrected chi connectivity index (χ2v) is 7.74. The number of hydrogen-bond acceptors (Lipinski definition) is 7. The van der Waals surface area contributed by atoms with Crippen LogP contribution in [0, 0.1) is 0 Å². The van der Waals surface area contributed by atoms with Crippen molar-refractivity contribution in [3.8, 4) is 0 Å². The summed E-state index contributed by atoms with van der Waals surface area (Å²) in [6.45, 7) is 4.18. The van der Waals surface area contributed by atoms with Gasteiger partial charge in [-0.15, -0.1) is 11.3 Å². The van der Waals surface area contributed by atoms with Crippen molar-refractivity contribution in [1.82, 2.24) is 15.0 Å². The molecule has 0 radical (unpaired) electrons. The highest BCUT2D eigenvalue weighted by atomic mass is 32.2. The Morgan fingerprint density at radius 3 is 2.78 bits per heavy atom. The average Bonchev–Trinajstić information content (AvgIpc) is 2.96. The van der Waals surface area contributed by atoms with Crippen LogP contribution < -0.4 is 10.0 Å². The number of hydrogen-bond donors (Lipinski definition) is 2. The van der Waals surface area contributed by atoms with Crippen molar-refractivity contribution in [3.63, 3.8) is 0 Å². The van der Waals surface area contributed by atoms with Crippen LogP contribution in [0.3, 0.4) is 0 Å². The van der Waals surface area contributed by atoms with Crippen LogP contribution in [-0.4, -0.2) is 45.1 Å². The number of carbonyl (C=O) groups excluding carboxylic acids is 1. The van der Waals surface area contributed by atoms with E-state index in [0.717, 1.165) is 16.0 Å². The first kappa shape index (κ1) is 17.8. The topological polar surface area (TPSA) is 97.4 Å². The van der Waals surface area contributed by atoms with E-state index in [1.54, 1.807) is 19.9 Å².